The van der Waals surface area contributed by atoms with Crippen LogP contribution in [-0.2, 0) is 13.0 Å². The molecule has 1 aromatic heterocycles. The van der Waals surface area contributed by atoms with Crippen LogP contribution in [0.2, 0.25) is 0 Å². The van der Waals surface area contributed by atoms with Crippen LogP contribution in [-0.4, -0.2) is 46.4 Å². The van der Waals surface area contributed by atoms with Crippen LogP contribution in [0.3, 0.4) is 0 Å². The van der Waals surface area contributed by atoms with Gasteiger partial charge in [-0.05, 0) is 49.9 Å². The number of hydrogen-bond donors (Lipinski definition) is 0. The second-order valence-electron chi connectivity index (χ2n) is 7.76. The van der Waals surface area contributed by atoms with Gasteiger partial charge in [0.2, 0.25) is 5.76 Å². The summed E-state index contributed by atoms with van der Waals surface area (Å²) in [6, 6.07) is 5.68. The molecule has 2 saturated heterocycles. The lowest BCUT2D eigenvalue weighted by Crippen LogP contribution is -2.36. The number of amides is 1. The Morgan fingerprint density at radius 1 is 1.33 bits per heavy atom. The molecule has 27 heavy (non-hydrogen) atoms. The van der Waals surface area contributed by atoms with E-state index in [4.69, 9.17) is 4.42 Å². The Bertz CT molecular complexity index is 863. The van der Waals surface area contributed by atoms with Gasteiger partial charge in [0.25, 0.3) is 5.91 Å². The van der Waals surface area contributed by atoms with Crippen LogP contribution in [0.1, 0.15) is 46.6 Å². The number of carbonyl (C=O) groups excluding carboxylic acids is 1. The predicted molar refractivity (Wildman–Crippen MR) is 100.0 cm³/mol. The first-order valence-electron chi connectivity index (χ1n) is 9.71. The lowest BCUT2D eigenvalue weighted by Gasteiger charge is -2.24. The molecular weight excluding hydrogens is 345 g/mol. The van der Waals surface area contributed by atoms with Gasteiger partial charge in [-0.2, -0.15) is 0 Å². The normalized spacial score (nSPS) is 22.4. The molecular formula is C21H26FN3O2. The van der Waals surface area contributed by atoms with E-state index in [0.717, 1.165) is 31.6 Å². The van der Waals surface area contributed by atoms with Gasteiger partial charge in [-0.25, -0.2) is 9.37 Å². The molecule has 1 aromatic carbocycles. The third-order valence-corrected chi connectivity index (χ3v) is 5.90. The molecule has 0 N–H and O–H groups in total. The number of hydrogen-bond acceptors (Lipinski definition) is 4. The van der Waals surface area contributed by atoms with Gasteiger partial charge in [0.15, 0.2) is 5.89 Å². The van der Waals surface area contributed by atoms with E-state index in [9.17, 15) is 9.18 Å². The fourth-order valence-electron chi connectivity index (χ4n) is 4.40. The number of carbonyl (C=O) groups is 1. The van der Waals surface area contributed by atoms with Crippen LogP contribution in [0.4, 0.5) is 4.39 Å². The van der Waals surface area contributed by atoms with Crippen molar-refractivity contribution < 1.29 is 13.6 Å². The molecule has 2 aliphatic rings. The molecule has 3 heterocycles. The summed E-state index contributed by atoms with van der Waals surface area (Å²) < 4.78 is 19.2. The fraction of sp³-hybridized carbons (Fsp3) is 0.524. The van der Waals surface area contributed by atoms with Crippen molar-refractivity contribution in [3.8, 4) is 0 Å². The van der Waals surface area contributed by atoms with Gasteiger partial charge in [-0.15, -0.1) is 0 Å². The maximum atomic E-state index is 13.5. The van der Waals surface area contributed by atoms with E-state index in [2.05, 4.69) is 9.88 Å². The van der Waals surface area contributed by atoms with Crippen molar-refractivity contribution in [2.24, 2.45) is 5.92 Å². The van der Waals surface area contributed by atoms with E-state index in [0.29, 0.717) is 47.8 Å². The van der Waals surface area contributed by atoms with Gasteiger partial charge in [0.1, 0.15) is 5.82 Å². The summed E-state index contributed by atoms with van der Waals surface area (Å²) >= 11 is 0. The van der Waals surface area contributed by atoms with E-state index in [1.54, 1.807) is 13.0 Å². The number of likely N-dealkylation sites (tertiary alicyclic amines) is 2. The zero-order valence-corrected chi connectivity index (χ0v) is 16.2. The number of benzene rings is 1. The van der Waals surface area contributed by atoms with Crippen molar-refractivity contribution in [3.63, 3.8) is 0 Å². The average Bonchev–Trinajstić information content (AvgIpc) is 3.33. The van der Waals surface area contributed by atoms with E-state index in [1.165, 1.54) is 0 Å². The zero-order valence-electron chi connectivity index (χ0n) is 16.2. The lowest BCUT2D eigenvalue weighted by molar-refractivity contribution is 0.0736. The molecule has 2 aliphatic heterocycles. The average molecular weight is 371 g/mol. The second-order valence-corrected chi connectivity index (χ2v) is 7.76. The lowest BCUT2D eigenvalue weighted by atomic mass is 10.0. The Morgan fingerprint density at radius 3 is 2.85 bits per heavy atom. The topological polar surface area (TPSA) is 49.6 Å². The van der Waals surface area contributed by atoms with Crippen LogP contribution < -0.4 is 0 Å². The third-order valence-electron chi connectivity index (χ3n) is 5.90. The molecule has 6 heteroatoms. The monoisotopic (exact) mass is 371 g/mol. The van der Waals surface area contributed by atoms with Crippen molar-refractivity contribution in [1.82, 2.24) is 14.8 Å². The Morgan fingerprint density at radius 2 is 2.15 bits per heavy atom. The molecule has 0 radical (unpaired) electrons. The van der Waals surface area contributed by atoms with Crippen molar-refractivity contribution in [1.29, 1.82) is 0 Å². The highest BCUT2D eigenvalue weighted by Gasteiger charge is 2.43. The number of aryl methyl sites for hydroxylation is 3. The van der Waals surface area contributed by atoms with Crippen molar-refractivity contribution >= 4 is 5.91 Å². The molecule has 0 bridgehead atoms. The summed E-state index contributed by atoms with van der Waals surface area (Å²) in [5.74, 6) is 1.27. The molecule has 5 nitrogen and oxygen atoms in total. The zero-order chi connectivity index (χ0) is 19.1. The Balaban J connectivity index is 1.45. The van der Waals surface area contributed by atoms with Gasteiger partial charge >= 0.3 is 0 Å². The van der Waals surface area contributed by atoms with E-state index in [1.807, 2.05) is 30.9 Å². The standard InChI is InChI=1S/C21H26FN3O2/c1-4-19-23-14(3)20(27-19)21(26)25-11-16-7-8-24(18(16)12-25)10-15-5-6-17(22)13(2)9-15/h5-6,9,16,18H,4,7-8,10-12H2,1-3H3/t16-,18+/m0/s1. The summed E-state index contributed by atoms with van der Waals surface area (Å²) in [7, 11) is 0. The van der Waals surface area contributed by atoms with Crippen molar-refractivity contribution in [2.45, 2.75) is 46.2 Å². The van der Waals surface area contributed by atoms with Crippen LogP contribution >= 0.6 is 0 Å². The number of halogens is 1. The van der Waals surface area contributed by atoms with E-state index in [-0.39, 0.29) is 11.7 Å². The van der Waals surface area contributed by atoms with Crippen LogP contribution in [0.25, 0.3) is 0 Å². The smallest absolute Gasteiger partial charge is 0.291 e. The largest absolute Gasteiger partial charge is 0.435 e. The van der Waals surface area contributed by atoms with Gasteiger partial charge in [-0.3, -0.25) is 9.69 Å². The van der Waals surface area contributed by atoms with Crippen LogP contribution in [0, 0.1) is 25.6 Å². The third kappa shape index (κ3) is 3.38. The van der Waals surface area contributed by atoms with Crippen molar-refractivity contribution in [3.05, 3.63) is 52.5 Å². The highest BCUT2D eigenvalue weighted by molar-refractivity contribution is 5.92. The van der Waals surface area contributed by atoms with E-state index < -0.39 is 0 Å². The Kier molecular flexibility index (Phi) is 4.76. The minimum atomic E-state index is -0.162. The molecule has 2 fully saturated rings. The first-order chi connectivity index (χ1) is 13.0. The number of aromatic nitrogens is 1. The molecule has 2 aromatic rings. The van der Waals surface area contributed by atoms with Gasteiger partial charge < -0.3 is 9.32 Å². The number of fused-ring (bicyclic) bond motifs is 1. The molecule has 4 rings (SSSR count). The highest BCUT2D eigenvalue weighted by atomic mass is 19.1. The fourth-order valence-corrected chi connectivity index (χ4v) is 4.40. The summed E-state index contributed by atoms with van der Waals surface area (Å²) in [5, 5.41) is 0. The van der Waals surface area contributed by atoms with E-state index >= 15 is 0 Å². The Hall–Kier alpha value is -2.21. The van der Waals surface area contributed by atoms with Crippen LogP contribution in [0.15, 0.2) is 22.6 Å². The Labute approximate surface area is 159 Å². The van der Waals surface area contributed by atoms with Gasteiger partial charge in [0.05, 0.1) is 5.69 Å². The molecule has 0 unspecified atom stereocenters. The molecule has 2 atom stereocenters. The summed E-state index contributed by atoms with van der Waals surface area (Å²) in [5.41, 5.74) is 2.48. The summed E-state index contributed by atoms with van der Waals surface area (Å²) in [6.07, 6.45) is 1.77. The quantitative estimate of drug-likeness (QED) is 0.827. The molecule has 0 aliphatic carbocycles. The number of rotatable bonds is 4. The van der Waals surface area contributed by atoms with Gasteiger partial charge in [0, 0.05) is 32.1 Å². The van der Waals surface area contributed by atoms with Gasteiger partial charge in [-0.1, -0.05) is 19.1 Å². The number of oxazole rings is 1. The summed E-state index contributed by atoms with van der Waals surface area (Å²) in [6.45, 7) is 8.90. The minimum Gasteiger partial charge on any atom is -0.435 e. The first kappa shape index (κ1) is 18.2. The molecule has 0 saturated carbocycles. The molecule has 1 amide bonds. The molecule has 144 valence electrons. The van der Waals surface area contributed by atoms with Crippen molar-refractivity contribution in [2.75, 3.05) is 19.6 Å². The predicted octanol–water partition coefficient (Wildman–Crippen LogP) is 3.34. The maximum absolute atomic E-state index is 13.5. The highest BCUT2D eigenvalue weighted by Crippen LogP contribution is 2.33. The minimum absolute atomic E-state index is 0.0494. The number of nitrogens with zero attached hydrogens (tertiary/aromatic N) is 3. The second kappa shape index (κ2) is 7.08. The summed E-state index contributed by atoms with van der Waals surface area (Å²) in [4.78, 5) is 21.6. The van der Waals surface area contributed by atoms with Crippen LogP contribution in [0.5, 0.6) is 0 Å². The first-order valence-corrected chi connectivity index (χ1v) is 9.71. The maximum Gasteiger partial charge on any atom is 0.291 e. The molecule has 0 spiro atoms. The SMILES string of the molecule is CCc1nc(C)c(C(=O)N2C[C@@H]3CCN(Cc4ccc(F)c(C)c4)[C@@H]3C2)o1.